The maximum Gasteiger partial charge on any atom is 0.0938 e. The summed E-state index contributed by atoms with van der Waals surface area (Å²) in [6.07, 6.45) is 1.90. The standard InChI is InChI=1S/C10H12N2S/c11-8-10(3-5-12-6-4-10)9-2-1-7-13-9/h1-2,7,12H,3-6H2. The Hall–Kier alpha value is -0.850. The van der Waals surface area contributed by atoms with E-state index in [-0.39, 0.29) is 5.41 Å². The lowest BCUT2D eigenvalue weighted by molar-refractivity contribution is 0.388. The Morgan fingerprint density at radius 3 is 2.77 bits per heavy atom. The lowest BCUT2D eigenvalue weighted by Crippen LogP contribution is -2.38. The van der Waals surface area contributed by atoms with Crippen LogP contribution in [0.2, 0.25) is 0 Å². The van der Waals surface area contributed by atoms with Gasteiger partial charge in [0.15, 0.2) is 0 Å². The van der Waals surface area contributed by atoms with E-state index in [4.69, 9.17) is 0 Å². The predicted molar refractivity (Wildman–Crippen MR) is 53.7 cm³/mol. The van der Waals surface area contributed by atoms with Crippen LogP contribution in [0.5, 0.6) is 0 Å². The average molecular weight is 192 g/mol. The molecule has 68 valence electrons. The Bertz CT molecular complexity index is 304. The molecular weight excluding hydrogens is 180 g/mol. The van der Waals surface area contributed by atoms with Gasteiger partial charge in [-0.05, 0) is 37.4 Å². The van der Waals surface area contributed by atoms with E-state index in [9.17, 15) is 5.26 Å². The van der Waals surface area contributed by atoms with Gasteiger partial charge < -0.3 is 5.32 Å². The zero-order valence-corrected chi connectivity index (χ0v) is 8.23. The van der Waals surface area contributed by atoms with Crippen molar-refractivity contribution in [2.24, 2.45) is 0 Å². The zero-order valence-electron chi connectivity index (χ0n) is 7.42. The van der Waals surface area contributed by atoms with Gasteiger partial charge in [0.2, 0.25) is 0 Å². The topological polar surface area (TPSA) is 35.8 Å². The second-order valence-electron chi connectivity index (χ2n) is 3.42. The molecule has 0 spiro atoms. The molecule has 0 atom stereocenters. The first kappa shape index (κ1) is 8.74. The van der Waals surface area contributed by atoms with Crippen molar-refractivity contribution in [3.05, 3.63) is 22.4 Å². The molecular formula is C10H12N2S. The van der Waals surface area contributed by atoms with Crippen LogP contribution in [0.15, 0.2) is 17.5 Å². The van der Waals surface area contributed by atoms with Gasteiger partial charge in [-0.25, -0.2) is 0 Å². The number of nitrogens with zero attached hydrogens (tertiary/aromatic N) is 1. The Balaban J connectivity index is 2.30. The molecule has 1 aromatic rings. The predicted octanol–water partition coefficient (Wildman–Crippen LogP) is 1.89. The minimum Gasteiger partial charge on any atom is -0.317 e. The van der Waals surface area contributed by atoms with Crippen LogP contribution >= 0.6 is 11.3 Å². The van der Waals surface area contributed by atoms with Gasteiger partial charge in [0.25, 0.3) is 0 Å². The fourth-order valence-corrected chi connectivity index (χ4v) is 2.75. The number of hydrogen-bond acceptors (Lipinski definition) is 3. The molecule has 1 saturated heterocycles. The highest BCUT2D eigenvalue weighted by Crippen LogP contribution is 2.35. The zero-order chi connectivity index (χ0) is 9.15. The monoisotopic (exact) mass is 192 g/mol. The molecule has 0 aliphatic carbocycles. The van der Waals surface area contributed by atoms with Gasteiger partial charge in [0.1, 0.15) is 0 Å². The smallest absolute Gasteiger partial charge is 0.0938 e. The van der Waals surface area contributed by atoms with E-state index in [1.54, 1.807) is 11.3 Å². The van der Waals surface area contributed by atoms with E-state index < -0.39 is 0 Å². The fourth-order valence-electron chi connectivity index (χ4n) is 1.82. The van der Waals surface area contributed by atoms with Crippen molar-refractivity contribution in [3.8, 4) is 6.07 Å². The van der Waals surface area contributed by atoms with Crippen LogP contribution < -0.4 is 5.32 Å². The quantitative estimate of drug-likeness (QED) is 0.737. The lowest BCUT2D eigenvalue weighted by atomic mass is 9.79. The molecule has 1 fully saturated rings. The highest BCUT2D eigenvalue weighted by atomic mass is 32.1. The summed E-state index contributed by atoms with van der Waals surface area (Å²) in [5.41, 5.74) is -0.195. The molecule has 2 heterocycles. The molecule has 0 bridgehead atoms. The highest BCUT2D eigenvalue weighted by molar-refractivity contribution is 7.10. The van der Waals surface area contributed by atoms with Gasteiger partial charge in [0, 0.05) is 4.88 Å². The molecule has 0 amide bonds. The first-order valence-electron chi connectivity index (χ1n) is 4.53. The number of nitrogens with one attached hydrogen (secondary N) is 1. The van der Waals surface area contributed by atoms with E-state index in [0.717, 1.165) is 25.9 Å². The fraction of sp³-hybridized carbons (Fsp3) is 0.500. The number of hydrogen-bond donors (Lipinski definition) is 1. The Kier molecular flexibility index (Phi) is 2.34. The van der Waals surface area contributed by atoms with Crippen molar-refractivity contribution in [2.45, 2.75) is 18.3 Å². The van der Waals surface area contributed by atoms with E-state index in [2.05, 4.69) is 22.8 Å². The van der Waals surface area contributed by atoms with Crippen LogP contribution in [-0.4, -0.2) is 13.1 Å². The second-order valence-corrected chi connectivity index (χ2v) is 4.37. The van der Waals surface area contributed by atoms with Crippen LogP contribution in [0.3, 0.4) is 0 Å². The molecule has 1 aliphatic heterocycles. The van der Waals surface area contributed by atoms with Gasteiger partial charge in [-0.2, -0.15) is 5.26 Å². The third-order valence-corrected chi connectivity index (χ3v) is 3.74. The number of nitriles is 1. The molecule has 0 aromatic carbocycles. The SMILES string of the molecule is N#CC1(c2cccs2)CCNCC1. The highest BCUT2D eigenvalue weighted by Gasteiger charge is 2.34. The second kappa shape index (κ2) is 3.49. The summed E-state index contributed by atoms with van der Waals surface area (Å²) in [4.78, 5) is 1.23. The van der Waals surface area contributed by atoms with Crippen LogP contribution in [0.25, 0.3) is 0 Å². The molecule has 2 rings (SSSR count). The molecule has 1 aromatic heterocycles. The third-order valence-electron chi connectivity index (χ3n) is 2.66. The number of piperidine rings is 1. The average Bonchev–Trinajstić information content (AvgIpc) is 2.72. The van der Waals surface area contributed by atoms with Crippen LogP contribution in [-0.2, 0) is 5.41 Å². The van der Waals surface area contributed by atoms with Gasteiger partial charge in [-0.3, -0.25) is 0 Å². The molecule has 1 aliphatic rings. The lowest BCUT2D eigenvalue weighted by Gasteiger charge is -2.30. The summed E-state index contributed by atoms with van der Waals surface area (Å²) >= 11 is 1.70. The molecule has 2 nitrogen and oxygen atoms in total. The molecule has 3 heteroatoms. The van der Waals surface area contributed by atoms with Gasteiger partial charge in [-0.15, -0.1) is 11.3 Å². The van der Waals surface area contributed by atoms with Gasteiger partial charge >= 0.3 is 0 Å². The van der Waals surface area contributed by atoms with Crippen molar-refractivity contribution in [3.63, 3.8) is 0 Å². The van der Waals surface area contributed by atoms with Crippen molar-refractivity contribution in [1.29, 1.82) is 5.26 Å². The largest absolute Gasteiger partial charge is 0.317 e. The maximum absolute atomic E-state index is 9.24. The van der Waals surface area contributed by atoms with Crippen LogP contribution in [0.4, 0.5) is 0 Å². The summed E-state index contributed by atoms with van der Waals surface area (Å²) in [5, 5.41) is 14.6. The summed E-state index contributed by atoms with van der Waals surface area (Å²) < 4.78 is 0. The molecule has 1 N–H and O–H groups in total. The molecule has 0 radical (unpaired) electrons. The number of rotatable bonds is 1. The summed E-state index contributed by atoms with van der Waals surface area (Å²) in [5.74, 6) is 0. The summed E-state index contributed by atoms with van der Waals surface area (Å²) in [7, 11) is 0. The van der Waals surface area contributed by atoms with Crippen molar-refractivity contribution >= 4 is 11.3 Å². The van der Waals surface area contributed by atoms with E-state index in [1.807, 2.05) is 6.07 Å². The summed E-state index contributed by atoms with van der Waals surface area (Å²) in [6.45, 7) is 1.93. The number of thiophene rings is 1. The Labute approximate surface area is 82.2 Å². The molecule has 0 saturated carbocycles. The third kappa shape index (κ3) is 1.48. The van der Waals surface area contributed by atoms with Crippen molar-refractivity contribution < 1.29 is 0 Å². The molecule has 0 unspecified atom stereocenters. The normalized spacial score (nSPS) is 20.8. The Morgan fingerprint density at radius 2 is 2.23 bits per heavy atom. The van der Waals surface area contributed by atoms with Crippen LogP contribution in [0.1, 0.15) is 17.7 Å². The maximum atomic E-state index is 9.24. The summed E-state index contributed by atoms with van der Waals surface area (Å²) in [6, 6.07) is 6.60. The van der Waals surface area contributed by atoms with Crippen molar-refractivity contribution in [1.82, 2.24) is 5.32 Å². The minimum absolute atomic E-state index is 0.195. The van der Waals surface area contributed by atoms with Gasteiger partial charge in [0.05, 0.1) is 11.5 Å². The first-order valence-corrected chi connectivity index (χ1v) is 5.41. The Morgan fingerprint density at radius 1 is 1.46 bits per heavy atom. The van der Waals surface area contributed by atoms with E-state index >= 15 is 0 Å². The van der Waals surface area contributed by atoms with Gasteiger partial charge in [-0.1, -0.05) is 6.07 Å². The van der Waals surface area contributed by atoms with Crippen molar-refractivity contribution in [2.75, 3.05) is 13.1 Å². The van der Waals surface area contributed by atoms with Crippen LogP contribution in [0, 0.1) is 11.3 Å². The van der Waals surface area contributed by atoms with E-state index in [1.165, 1.54) is 4.88 Å². The molecule has 13 heavy (non-hydrogen) atoms. The minimum atomic E-state index is -0.195. The first-order chi connectivity index (χ1) is 6.37. The van der Waals surface area contributed by atoms with E-state index in [0.29, 0.717) is 0 Å².